The van der Waals surface area contributed by atoms with Crippen molar-refractivity contribution in [3.63, 3.8) is 0 Å². The Morgan fingerprint density at radius 3 is 2.65 bits per heavy atom. The number of hydrogen-bond donors (Lipinski definition) is 1. The molecule has 0 saturated carbocycles. The Hall–Kier alpha value is -1.92. The number of rotatable bonds is 4. The van der Waals surface area contributed by atoms with E-state index in [-0.39, 0.29) is 17.9 Å². The van der Waals surface area contributed by atoms with Crippen LogP contribution in [0.2, 0.25) is 0 Å². The molecule has 0 aliphatic rings. The van der Waals surface area contributed by atoms with Gasteiger partial charge in [-0.15, -0.1) is 0 Å². The molecule has 17 heavy (non-hydrogen) atoms. The van der Waals surface area contributed by atoms with E-state index < -0.39 is 23.8 Å². The number of pyridine rings is 1. The standard InChI is InChI=1S/C10H11F2NO4/c1-16-7-4-6(14)5(3-8(15)17-2)13-9(7)10(11)12/h4,10,14H,3H2,1-2H3. The zero-order valence-corrected chi connectivity index (χ0v) is 9.24. The molecule has 94 valence electrons. The number of aromatic nitrogens is 1. The van der Waals surface area contributed by atoms with Crippen LogP contribution < -0.4 is 4.74 Å². The molecule has 0 unspecified atom stereocenters. The minimum Gasteiger partial charge on any atom is -0.506 e. The van der Waals surface area contributed by atoms with E-state index in [2.05, 4.69) is 14.5 Å². The van der Waals surface area contributed by atoms with E-state index in [4.69, 9.17) is 0 Å². The van der Waals surface area contributed by atoms with Crippen molar-refractivity contribution in [3.05, 3.63) is 17.5 Å². The predicted molar refractivity (Wildman–Crippen MR) is 53.1 cm³/mol. The number of methoxy groups -OCH3 is 2. The Kier molecular flexibility index (Phi) is 4.19. The Morgan fingerprint density at radius 2 is 2.18 bits per heavy atom. The van der Waals surface area contributed by atoms with Crippen LogP contribution in [0.4, 0.5) is 8.78 Å². The van der Waals surface area contributed by atoms with Crippen LogP contribution >= 0.6 is 0 Å². The number of halogens is 2. The lowest BCUT2D eigenvalue weighted by Gasteiger charge is -2.10. The maximum absolute atomic E-state index is 12.6. The summed E-state index contributed by atoms with van der Waals surface area (Å²) in [4.78, 5) is 14.5. The molecule has 0 aliphatic heterocycles. The van der Waals surface area contributed by atoms with Crippen molar-refractivity contribution < 1.29 is 28.2 Å². The summed E-state index contributed by atoms with van der Waals surface area (Å²) >= 11 is 0. The summed E-state index contributed by atoms with van der Waals surface area (Å²) in [5, 5.41) is 9.48. The number of aromatic hydroxyl groups is 1. The Balaban J connectivity index is 3.15. The molecule has 0 spiro atoms. The van der Waals surface area contributed by atoms with E-state index in [0.29, 0.717) is 0 Å². The fourth-order valence-corrected chi connectivity index (χ4v) is 1.20. The van der Waals surface area contributed by atoms with E-state index in [9.17, 15) is 18.7 Å². The molecule has 1 heterocycles. The summed E-state index contributed by atoms with van der Waals surface area (Å²) in [6, 6.07) is 0.993. The van der Waals surface area contributed by atoms with Crippen LogP contribution in [0.1, 0.15) is 17.8 Å². The van der Waals surface area contributed by atoms with Crippen LogP contribution in [0, 0.1) is 0 Å². The third kappa shape index (κ3) is 3.02. The molecule has 7 heteroatoms. The first-order valence-electron chi connectivity index (χ1n) is 4.61. The Labute approximate surface area is 96.0 Å². The van der Waals surface area contributed by atoms with Gasteiger partial charge in [-0.3, -0.25) is 4.79 Å². The highest BCUT2D eigenvalue weighted by Crippen LogP contribution is 2.31. The van der Waals surface area contributed by atoms with E-state index >= 15 is 0 Å². The number of hydrogen-bond acceptors (Lipinski definition) is 5. The normalized spacial score (nSPS) is 10.4. The van der Waals surface area contributed by atoms with Gasteiger partial charge in [-0.1, -0.05) is 0 Å². The van der Waals surface area contributed by atoms with Gasteiger partial charge in [-0.25, -0.2) is 13.8 Å². The Morgan fingerprint density at radius 1 is 1.53 bits per heavy atom. The van der Waals surface area contributed by atoms with Gasteiger partial charge in [0, 0.05) is 6.07 Å². The quantitative estimate of drug-likeness (QED) is 0.815. The lowest BCUT2D eigenvalue weighted by atomic mass is 10.2. The van der Waals surface area contributed by atoms with Gasteiger partial charge in [0.15, 0.2) is 0 Å². The minimum atomic E-state index is -2.86. The van der Waals surface area contributed by atoms with Gasteiger partial charge < -0.3 is 14.6 Å². The number of carbonyl (C=O) groups excluding carboxylic acids is 1. The topological polar surface area (TPSA) is 68.7 Å². The summed E-state index contributed by atoms with van der Waals surface area (Å²) in [6.07, 6.45) is -3.24. The summed E-state index contributed by atoms with van der Waals surface area (Å²) in [6.45, 7) is 0. The van der Waals surface area contributed by atoms with Crippen LogP contribution in [0.5, 0.6) is 11.5 Å². The number of carbonyl (C=O) groups is 1. The lowest BCUT2D eigenvalue weighted by molar-refractivity contribution is -0.139. The van der Waals surface area contributed by atoms with E-state index in [0.717, 1.165) is 13.2 Å². The molecule has 0 aliphatic carbocycles. The molecule has 1 aromatic heterocycles. The zero-order valence-electron chi connectivity index (χ0n) is 9.24. The minimum absolute atomic E-state index is 0.173. The monoisotopic (exact) mass is 247 g/mol. The largest absolute Gasteiger partial charge is 0.506 e. The Bertz CT molecular complexity index is 423. The maximum atomic E-state index is 12.6. The molecule has 0 bridgehead atoms. The molecular weight excluding hydrogens is 236 g/mol. The highest BCUT2D eigenvalue weighted by atomic mass is 19.3. The molecule has 0 amide bonds. The van der Waals surface area contributed by atoms with Crippen molar-refractivity contribution in [2.75, 3.05) is 14.2 Å². The van der Waals surface area contributed by atoms with Crippen LogP contribution in [0.15, 0.2) is 6.07 Å². The van der Waals surface area contributed by atoms with E-state index in [1.54, 1.807) is 0 Å². The van der Waals surface area contributed by atoms with Crippen LogP contribution in [0.3, 0.4) is 0 Å². The van der Waals surface area contributed by atoms with Crippen LogP contribution in [-0.2, 0) is 16.0 Å². The van der Waals surface area contributed by atoms with Crippen LogP contribution in [0.25, 0.3) is 0 Å². The van der Waals surface area contributed by atoms with Gasteiger partial charge in [0.2, 0.25) is 0 Å². The smallest absolute Gasteiger partial charge is 0.311 e. The summed E-state index contributed by atoms with van der Waals surface area (Å²) < 4.78 is 34.2. The number of esters is 1. The van der Waals surface area contributed by atoms with E-state index in [1.807, 2.05) is 0 Å². The van der Waals surface area contributed by atoms with Gasteiger partial charge in [-0.2, -0.15) is 0 Å². The summed E-state index contributed by atoms with van der Waals surface area (Å²) in [7, 11) is 2.33. The second kappa shape index (κ2) is 5.42. The third-order valence-corrected chi connectivity index (χ3v) is 2.04. The molecule has 0 radical (unpaired) electrons. The molecule has 0 fully saturated rings. The molecule has 1 aromatic rings. The second-order valence-corrected chi connectivity index (χ2v) is 3.10. The molecule has 5 nitrogen and oxygen atoms in total. The predicted octanol–water partition coefficient (Wildman–Crippen LogP) is 1.45. The lowest BCUT2D eigenvalue weighted by Crippen LogP contribution is -2.08. The van der Waals surface area contributed by atoms with Gasteiger partial charge in [0.25, 0.3) is 6.43 Å². The first-order chi connectivity index (χ1) is 7.99. The van der Waals surface area contributed by atoms with Crippen molar-refractivity contribution >= 4 is 5.97 Å². The van der Waals surface area contributed by atoms with E-state index in [1.165, 1.54) is 7.11 Å². The highest BCUT2D eigenvalue weighted by molar-refractivity contribution is 5.72. The number of alkyl halides is 2. The average Bonchev–Trinajstić information content (AvgIpc) is 2.30. The van der Waals surface area contributed by atoms with Crippen molar-refractivity contribution in [1.29, 1.82) is 0 Å². The first kappa shape index (κ1) is 13.1. The van der Waals surface area contributed by atoms with Gasteiger partial charge in [0.1, 0.15) is 17.2 Å². The second-order valence-electron chi connectivity index (χ2n) is 3.10. The maximum Gasteiger partial charge on any atom is 0.311 e. The van der Waals surface area contributed by atoms with Gasteiger partial charge in [-0.05, 0) is 0 Å². The third-order valence-electron chi connectivity index (χ3n) is 2.04. The number of nitrogens with zero attached hydrogens (tertiary/aromatic N) is 1. The summed E-state index contributed by atoms with van der Waals surface area (Å²) in [5.74, 6) is -1.30. The fourth-order valence-electron chi connectivity index (χ4n) is 1.20. The van der Waals surface area contributed by atoms with Gasteiger partial charge >= 0.3 is 5.97 Å². The highest BCUT2D eigenvalue weighted by Gasteiger charge is 2.20. The molecule has 1 rings (SSSR count). The van der Waals surface area contributed by atoms with Crippen molar-refractivity contribution in [2.45, 2.75) is 12.8 Å². The summed E-state index contributed by atoms with van der Waals surface area (Å²) in [5.41, 5.74) is -0.794. The molecule has 0 saturated heterocycles. The number of ether oxygens (including phenoxy) is 2. The zero-order chi connectivity index (χ0) is 13.0. The van der Waals surface area contributed by atoms with Crippen molar-refractivity contribution in [3.8, 4) is 11.5 Å². The molecule has 0 aromatic carbocycles. The molecule has 0 atom stereocenters. The van der Waals surface area contributed by atoms with Gasteiger partial charge in [0.05, 0.1) is 26.3 Å². The molecular formula is C10H11F2NO4. The van der Waals surface area contributed by atoms with Crippen LogP contribution in [-0.4, -0.2) is 30.3 Å². The SMILES string of the molecule is COC(=O)Cc1nc(C(F)F)c(OC)cc1O. The molecule has 1 N–H and O–H groups in total. The average molecular weight is 247 g/mol. The van der Waals surface area contributed by atoms with Crippen molar-refractivity contribution in [2.24, 2.45) is 0 Å². The first-order valence-corrected chi connectivity index (χ1v) is 4.61. The fraction of sp³-hybridized carbons (Fsp3) is 0.400. The van der Waals surface area contributed by atoms with Crippen molar-refractivity contribution in [1.82, 2.24) is 4.98 Å².